The van der Waals surface area contributed by atoms with Crippen LogP contribution in [-0.4, -0.2) is 37.5 Å². The minimum atomic E-state index is -0.284. The zero-order valence-electron chi connectivity index (χ0n) is 13.2. The van der Waals surface area contributed by atoms with E-state index in [1.165, 1.54) is 0 Å². The predicted octanol–water partition coefficient (Wildman–Crippen LogP) is 1.36. The van der Waals surface area contributed by atoms with E-state index in [2.05, 4.69) is 10.6 Å². The van der Waals surface area contributed by atoms with Gasteiger partial charge in [0.05, 0.1) is 17.8 Å². The molecule has 0 bridgehead atoms. The first-order valence-electron chi connectivity index (χ1n) is 6.94. The van der Waals surface area contributed by atoms with E-state index in [0.29, 0.717) is 15.7 Å². The fourth-order valence-corrected chi connectivity index (χ4v) is 2.20. The molecule has 122 valence electrons. The van der Waals surface area contributed by atoms with Gasteiger partial charge in [-0.25, -0.2) is 0 Å². The van der Waals surface area contributed by atoms with Crippen LogP contribution in [0.15, 0.2) is 18.2 Å². The summed E-state index contributed by atoms with van der Waals surface area (Å²) in [5, 5.41) is 6.46. The Balaban J connectivity index is 2.51. The molecule has 0 saturated carbocycles. The molecule has 0 aliphatic carbocycles. The number of carbonyl (C=O) groups is 2. The van der Waals surface area contributed by atoms with Crippen molar-refractivity contribution in [3.05, 3.63) is 28.2 Å². The van der Waals surface area contributed by atoms with E-state index in [4.69, 9.17) is 23.2 Å². The van der Waals surface area contributed by atoms with Gasteiger partial charge in [-0.15, -0.1) is 0 Å². The van der Waals surface area contributed by atoms with Gasteiger partial charge in [-0.1, -0.05) is 23.2 Å². The summed E-state index contributed by atoms with van der Waals surface area (Å²) in [6, 6.07) is 4.85. The first kappa shape index (κ1) is 18.7. The summed E-state index contributed by atoms with van der Waals surface area (Å²) in [4.78, 5) is 24.6. The lowest BCUT2D eigenvalue weighted by molar-refractivity contribution is -0.862. The van der Waals surface area contributed by atoms with E-state index in [9.17, 15) is 9.59 Å². The SMILES string of the molecule is C[NH+](CC(=O)Nc1cc(Cl)ccc1Cl)CC(=O)NC(C)(C)C. The Morgan fingerprint density at radius 1 is 1.14 bits per heavy atom. The van der Waals surface area contributed by atoms with Crippen LogP contribution >= 0.6 is 23.2 Å². The molecule has 0 spiro atoms. The lowest BCUT2D eigenvalue weighted by Gasteiger charge is -2.21. The van der Waals surface area contributed by atoms with E-state index in [1.54, 1.807) is 25.2 Å². The van der Waals surface area contributed by atoms with Crippen LogP contribution in [0.2, 0.25) is 10.0 Å². The molecule has 0 saturated heterocycles. The molecule has 0 heterocycles. The van der Waals surface area contributed by atoms with Crippen molar-refractivity contribution < 1.29 is 14.5 Å². The zero-order chi connectivity index (χ0) is 16.9. The van der Waals surface area contributed by atoms with Crippen molar-refractivity contribution in [2.24, 2.45) is 0 Å². The molecule has 0 aliphatic heterocycles. The molecular weight excluding hydrogens is 325 g/mol. The number of benzene rings is 1. The summed E-state index contributed by atoms with van der Waals surface area (Å²) in [6.07, 6.45) is 0. The fraction of sp³-hybridized carbons (Fsp3) is 0.467. The molecule has 1 unspecified atom stereocenters. The third kappa shape index (κ3) is 7.11. The smallest absolute Gasteiger partial charge is 0.279 e. The van der Waals surface area contributed by atoms with E-state index in [0.717, 1.165) is 4.90 Å². The highest BCUT2D eigenvalue weighted by atomic mass is 35.5. The number of carbonyl (C=O) groups excluding carboxylic acids is 2. The third-order valence-corrected chi connectivity index (χ3v) is 3.21. The van der Waals surface area contributed by atoms with E-state index >= 15 is 0 Å². The Hall–Kier alpha value is -1.30. The van der Waals surface area contributed by atoms with Crippen molar-refractivity contribution >= 4 is 40.7 Å². The molecule has 0 radical (unpaired) electrons. The van der Waals surface area contributed by atoms with Crippen molar-refractivity contribution in [3.63, 3.8) is 0 Å². The van der Waals surface area contributed by atoms with Gasteiger partial charge in [-0.05, 0) is 39.0 Å². The number of likely N-dealkylation sites (N-methyl/N-ethyl adjacent to an activating group) is 1. The molecule has 0 aromatic heterocycles. The van der Waals surface area contributed by atoms with Crippen molar-refractivity contribution in [2.75, 3.05) is 25.5 Å². The highest BCUT2D eigenvalue weighted by molar-refractivity contribution is 6.35. The minimum Gasteiger partial charge on any atom is -0.347 e. The highest BCUT2D eigenvalue weighted by Crippen LogP contribution is 2.25. The molecule has 0 fully saturated rings. The van der Waals surface area contributed by atoms with E-state index < -0.39 is 0 Å². The average molecular weight is 347 g/mol. The van der Waals surface area contributed by atoms with Crippen LogP contribution in [0.4, 0.5) is 5.69 Å². The maximum absolute atomic E-state index is 12.0. The van der Waals surface area contributed by atoms with Crippen LogP contribution in [-0.2, 0) is 9.59 Å². The van der Waals surface area contributed by atoms with Gasteiger partial charge in [0.15, 0.2) is 13.1 Å². The molecule has 1 aromatic carbocycles. The van der Waals surface area contributed by atoms with Gasteiger partial charge in [0.1, 0.15) is 0 Å². The molecule has 22 heavy (non-hydrogen) atoms. The maximum atomic E-state index is 12.0. The first-order chi connectivity index (χ1) is 10.1. The topological polar surface area (TPSA) is 62.6 Å². The van der Waals surface area contributed by atoms with Gasteiger partial charge in [-0.3, -0.25) is 9.59 Å². The molecule has 3 N–H and O–H groups in total. The number of nitrogens with one attached hydrogen (secondary N) is 3. The lowest BCUT2D eigenvalue weighted by atomic mass is 10.1. The number of anilines is 1. The van der Waals surface area contributed by atoms with Crippen molar-refractivity contribution in [2.45, 2.75) is 26.3 Å². The molecule has 7 heteroatoms. The van der Waals surface area contributed by atoms with E-state index in [-0.39, 0.29) is 30.4 Å². The lowest BCUT2D eigenvalue weighted by Crippen LogP contribution is -3.11. The van der Waals surface area contributed by atoms with Crippen LogP contribution in [0.3, 0.4) is 0 Å². The fourth-order valence-electron chi connectivity index (χ4n) is 1.86. The second-order valence-electron chi connectivity index (χ2n) is 6.28. The van der Waals surface area contributed by atoms with E-state index in [1.807, 2.05) is 20.8 Å². The number of hydrogen-bond acceptors (Lipinski definition) is 2. The average Bonchev–Trinajstić information content (AvgIpc) is 2.30. The van der Waals surface area contributed by atoms with Crippen LogP contribution in [0, 0.1) is 0 Å². The molecule has 1 rings (SSSR count). The zero-order valence-corrected chi connectivity index (χ0v) is 14.7. The summed E-state index contributed by atoms with van der Waals surface area (Å²) in [7, 11) is 1.78. The van der Waals surface area contributed by atoms with Crippen molar-refractivity contribution in [1.29, 1.82) is 0 Å². The van der Waals surface area contributed by atoms with Gasteiger partial charge in [0.25, 0.3) is 11.8 Å². The van der Waals surface area contributed by atoms with Crippen LogP contribution in [0.25, 0.3) is 0 Å². The first-order valence-corrected chi connectivity index (χ1v) is 7.69. The molecule has 2 amide bonds. The van der Waals surface area contributed by atoms with Gasteiger partial charge in [0.2, 0.25) is 0 Å². The Morgan fingerprint density at radius 3 is 2.32 bits per heavy atom. The molecule has 1 aromatic rings. The second kappa shape index (κ2) is 7.81. The highest BCUT2D eigenvalue weighted by Gasteiger charge is 2.19. The second-order valence-corrected chi connectivity index (χ2v) is 7.12. The molecular formula is C15H22Cl2N3O2+. The van der Waals surface area contributed by atoms with Gasteiger partial charge in [-0.2, -0.15) is 0 Å². The Labute approximate surface area is 141 Å². The quantitative estimate of drug-likeness (QED) is 0.753. The van der Waals surface area contributed by atoms with Crippen LogP contribution < -0.4 is 15.5 Å². The van der Waals surface area contributed by atoms with Crippen molar-refractivity contribution in [1.82, 2.24) is 5.32 Å². The number of amides is 2. The standard InChI is InChI=1S/C15H21Cl2N3O2/c1-15(2,3)19-14(22)9-20(4)8-13(21)18-12-7-10(16)5-6-11(12)17/h5-7H,8-9H2,1-4H3,(H,18,21)(H,19,22)/p+1. The number of halogens is 2. The summed E-state index contributed by atoms with van der Waals surface area (Å²) in [5.41, 5.74) is 0.180. The summed E-state index contributed by atoms with van der Waals surface area (Å²) in [6.45, 7) is 6.10. The summed E-state index contributed by atoms with van der Waals surface area (Å²) >= 11 is 11.9. The van der Waals surface area contributed by atoms with Gasteiger partial charge in [0, 0.05) is 10.6 Å². The largest absolute Gasteiger partial charge is 0.347 e. The Morgan fingerprint density at radius 2 is 1.73 bits per heavy atom. The molecule has 1 atom stereocenters. The van der Waals surface area contributed by atoms with Crippen LogP contribution in [0.5, 0.6) is 0 Å². The van der Waals surface area contributed by atoms with Crippen LogP contribution in [0.1, 0.15) is 20.8 Å². The number of hydrogen-bond donors (Lipinski definition) is 3. The number of rotatable bonds is 5. The third-order valence-electron chi connectivity index (χ3n) is 2.64. The monoisotopic (exact) mass is 346 g/mol. The van der Waals surface area contributed by atoms with Gasteiger partial charge < -0.3 is 15.5 Å². The Bertz CT molecular complexity index is 556. The van der Waals surface area contributed by atoms with Crippen molar-refractivity contribution in [3.8, 4) is 0 Å². The summed E-state index contributed by atoms with van der Waals surface area (Å²) in [5.74, 6) is -0.330. The maximum Gasteiger partial charge on any atom is 0.279 e. The summed E-state index contributed by atoms with van der Waals surface area (Å²) < 4.78 is 0. The molecule has 0 aliphatic rings. The molecule has 5 nitrogen and oxygen atoms in total. The minimum absolute atomic E-state index is 0.0985. The predicted molar refractivity (Wildman–Crippen MR) is 89.6 cm³/mol. The Kier molecular flexibility index (Phi) is 6.66. The normalized spacial score (nSPS) is 12.6. The number of quaternary nitrogens is 1. The van der Waals surface area contributed by atoms with Gasteiger partial charge >= 0.3 is 0 Å².